The van der Waals surface area contributed by atoms with Crippen LogP contribution in [0, 0.1) is 5.82 Å². The number of ether oxygens (including phenoxy) is 2. The summed E-state index contributed by atoms with van der Waals surface area (Å²) < 4.78 is 23.6. The van der Waals surface area contributed by atoms with E-state index in [-0.39, 0.29) is 11.9 Å². The van der Waals surface area contributed by atoms with Gasteiger partial charge in [-0.15, -0.1) is 0 Å². The van der Waals surface area contributed by atoms with E-state index in [1.807, 2.05) is 13.8 Å². The summed E-state index contributed by atoms with van der Waals surface area (Å²) in [6, 6.07) is 4.53. The minimum absolute atomic E-state index is 0.0829. The fourth-order valence-corrected chi connectivity index (χ4v) is 1.32. The first-order valence-electron chi connectivity index (χ1n) is 5.84. The first kappa shape index (κ1) is 14.2. The predicted molar refractivity (Wildman–Crippen MR) is 67.8 cm³/mol. The van der Waals surface area contributed by atoms with E-state index in [9.17, 15) is 9.18 Å². The number of hydrogen-bond donors (Lipinski definition) is 0. The van der Waals surface area contributed by atoms with E-state index < -0.39 is 11.8 Å². The number of carbonyl (C=O) groups excluding carboxylic acids is 1. The van der Waals surface area contributed by atoms with Gasteiger partial charge in [0.1, 0.15) is 0 Å². The van der Waals surface area contributed by atoms with Crippen LogP contribution in [-0.2, 0) is 9.53 Å². The van der Waals surface area contributed by atoms with Crippen molar-refractivity contribution in [1.29, 1.82) is 0 Å². The molecule has 0 radical (unpaired) electrons. The third-order valence-electron chi connectivity index (χ3n) is 2.02. The zero-order valence-corrected chi connectivity index (χ0v) is 10.8. The minimum Gasteiger partial charge on any atom is -0.488 e. The maximum Gasteiger partial charge on any atom is 0.330 e. The first-order valence-corrected chi connectivity index (χ1v) is 5.84. The van der Waals surface area contributed by atoms with Gasteiger partial charge in [-0.1, -0.05) is 6.07 Å². The lowest BCUT2D eigenvalue weighted by Gasteiger charge is -2.10. The molecule has 0 aliphatic heterocycles. The smallest absolute Gasteiger partial charge is 0.330 e. The predicted octanol–water partition coefficient (Wildman–Crippen LogP) is 3.19. The third-order valence-corrected chi connectivity index (χ3v) is 2.02. The van der Waals surface area contributed by atoms with Gasteiger partial charge in [-0.2, -0.15) is 0 Å². The lowest BCUT2D eigenvalue weighted by atomic mass is 10.2. The van der Waals surface area contributed by atoms with Gasteiger partial charge < -0.3 is 9.47 Å². The molecular formula is C14H17FO3. The summed E-state index contributed by atoms with van der Waals surface area (Å²) in [7, 11) is 0. The minimum atomic E-state index is -0.449. The summed E-state index contributed by atoms with van der Waals surface area (Å²) in [5.41, 5.74) is 0.580. The molecule has 0 atom stereocenters. The van der Waals surface area contributed by atoms with Crippen LogP contribution in [0.1, 0.15) is 26.3 Å². The molecular weight excluding hydrogens is 235 g/mol. The molecule has 0 amide bonds. The zero-order valence-electron chi connectivity index (χ0n) is 10.8. The maximum atomic E-state index is 13.6. The highest BCUT2D eigenvalue weighted by Crippen LogP contribution is 2.20. The summed E-state index contributed by atoms with van der Waals surface area (Å²) in [6.45, 7) is 5.70. The van der Waals surface area contributed by atoms with Crippen LogP contribution in [0.4, 0.5) is 4.39 Å². The van der Waals surface area contributed by atoms with Gasteiger partial charge in [-0.05, 0) is 44.5 Å². The van der Waals surface area contributed by atoms with Gasteiger partial charge in [0.2, 0.25) is 0 Å². The van der Waals surface area contributed by atoms with Gasteiger partial charge in [0, 0.05) is 6.08 Å². The first-order chi connectivity index (χ1) is 8.52. The zero-order chi connectivity index (χ0) is 13.5. The van der Waals surface area contributed by atoms with Gasteiger partial charge in [-0.3, -0.25) is 0 Å². The van der Waals surface area contributed by atoms with Crippen LogP contribution in [0.25, 0.3) is 6.08 Å². The van der Waals surface area contributed by atoms with Crippen molar-refractivity contribution in [3.8, 4) is 5.75 Å². The number of rotatable bonds is 5. The molecule has 18 heavy (non-hydrogen) atoms. The second kappa shape index (κ2) is 6.79. The molecule has 0 N–H and O–H groups in total. The van der Waals surface area contributed by atoms with Crippen LogP contribution in [-0.4, -0.2) is 18.7 Å². The van der Waals surface area contributed by atoms with Crippen LogP contribution < -0.4 is 4.74 Å². The van der Waals surface area contributed by atoms with Crippen molar-refractivity contribution in [2.75, 3.05) is 6.61 Å². The summed E-state index contributed by atoms with van der Waals surface area (Å²) in [5, 5.41) is 0. The van der Waals surface area contributed by atoms with E-state index in [2.05, 4.69) is 0 Å². The molecule has 3 nitrogen and oxygen atoms in total. The summed E-state index contributed by atoms with van der Waals surface area (Å²) >= 11 is 0. The van der Waals surface area contributed by atoms with Crippen molar-refractivity contribution in [3.63, 3.8) is 0 Å². The number of esters is 1. The fraction of sp³-hybridized carbons (Fsp3) is 0.357. The van der Waals surface area contributed by atoms with Crippen molar-refractivity contribution >= 4 is 12.0 Å². The molecule has 1 aromatic rings. The second-order valence-corrected chi connectivity index (χ2v) is 3.94. The topological polar surface area (TPSA) is 35.5 Å². The Morgan fingerprint density at radius 3 is 2.72 bits per heavy atom. The Morgan fingerprint density at radius 1 is 1.44 bits per heavy atom. The third kappa shape index (κ3) is 4.57. The van der Waals surface area contributed by atoms with Gasteiger partial charge >= 0.3 is 5.97 Å². The van der Waals surface area contributed by atoms with Crippen molar-refractivity contribution in [1.82, 2.24) is 0 Å². The molecule has 0 spiro atoms. The molecule has 0 aromatic heterocycles. The Morgan fingerprint density at radius 2 is 2.17 bits per heavy atom. The normalized spacial score (nSPS) is 10.9. The van der Waals surface area contributed by atoms with Crippen LogP contribution in [0.5, 0.6) is 5.75 Å². The Labute approximate surface area is 106 Å². The lowest BCUT2D eigenvalue weighted by molar-refractivity contribution is -0.137. The van der Waals surface area contributed by atoms with E-state index >= 15 is 0 Å². The molecule has 0 fully saturated rings. The van der Waals surface area contributed by atoms with Gasteiger partial charge in [0.05, 0.1) is 12.7 Å². The second-order valence-electron chi connectivity index (χ2n) is 3.94. The Kier molecular flexibility index (Phi) is 5.36. The van der Waals surface area contributed by atoms with Gasteiger partial charge in [0.15, 0.2) is 11.6 Å². The summed E-state index contributed by atoms with van der Waals surface area (Å²) in [6.07, 6.45) is 2.68. The quantitative estimate of drug-likeness (QED) is 0.596. The Hall–Kier alpha value is -1.84. The molecule has 0 unspecified atom stereocenters. The monoisotopic (exact) mass is 252 g/mol. The molecule has 4 heteroatoms. The average Bonchev–Trinajstić information content (AvgIpc) is 2.29. The average molecular weight is 252 g/mol. The lowest BCUT2D eigenvalue weighted by Crippen LogP contribution is -2.06. The molecule has 0 saturated heterocycles. The number of hydrogen-bond acceptors (Lipinski definition) is 3. The molecule has 0 saturated carbocycles. The summed E-state index contributed by atoms with van der Waals surface area (Å²) in [5.74, 6) is -0.687. The van der Waals surface area contributed by atoms with Gasteiger partial charge in [0.25, 0.3) is 0 Å². The Balaban J connectivity index is 2.75. The Bertz CT molecular complexity index is 439. The standard InChI is InChI=1S/C14H17FO3/c1-4-17-14(16)8-6-11-5-7-13(12(15)9-11)18-10(2)3/h5-10H,4H2,1-3H3. The van der Waals surface area contributed by atoms with Crippen molar-refractivity contribution in [2.45, 2.75) is 26.9 Å². The van der Waals surface area contributed by atoms with Crippen molar-refractivity contribution in [3.05, 3.63) is 35.7 Å². The number of halogens is 1. The highest BCUT2D eigenvalue weighted by molar-refractivity contribution is 5.87. The molecule has 98 valence electrons. The SMILES string of the molecule is CCOC(=O)C=Cc1ccc(OC(C)C)c(F)c1. The van der Waals surface area contributed by atoms with Crippen LogP contribution in [0.2, 0.25) is 0 Å². The molecule has 1 rings (SSSR count). The fourth-order valence-electron chi connectivity index (χ4n) is 1.32. The van der Waals surface area contributed by atoms with E-state index in [0.29, 0.717) is 12.2 Å². The number of carbonyl (C=O) groups is 1. The molecule has 0 aliphatic rings. The highest BCUT2D eigenvalue weighted by atomic mass is 19.1. The number of benzene rings is 1. The molecule has 0 bridgehead atoms. The van der Waals surface area contributed by atoms with Crippen LogP contribution in [0.15, 0.2) is 24.3 Å². The van der Waals surface area contributed by atoms with Crippen LogP contribution >= 0.6 is 0 Å². The maximum absolute atomic E-state index is 13.6. The summed E-state index contributed by atoms with van der Waals surface area (Å²) in [4.78, 5) is 11.1. The van der Waals surface area contributed by atoms with Crippen molar-refractivity contribution in [2.24, 2.45) is 0 Å². The van der Waals surface area contributed by atoms with E-state index in [1.54, 1.807) is 19.1 Å². The van der Waals surface area contributed by atoms with Crippen molar-refractivity contribution < 1.29 is 18.7 Å². The van der Waals surface area contributed by atoms with Gasteiger partial charge in [-0.25, -0.2) is 9.18 Å². The van der Waals surface area contributed by atoms with E-state index in [0.717, 1.165) is 0 Å². The van der Waals surface area contributed by atoms with E-state index in [4.69, 9.17) is 9.47 Å². The molecule has 1 aromatic carbocycles. The van der Waals surface area contributed by atoms with Crippen LogP contribution in [0.3, 0.4) is 0 Å². The van der Waals surface area contributed by atoms with E-state index in [1.165, 1.54) is 18.2 Å². The molecule has 0 heterocycles. The largest absolute Gasteiger partial charge is 0.488 e. The highest BCUT2D eigenvalue weighted by Gasteiger charge is 2.05. The molecule has 0 aliphatic carbocycles.